The summed E-state index contributed by atoms with van der Waals surface area (Å²) in [6, 6.07) is 0. The molecule has 0 aromatic rings. The summed E-state index contributed by atoms with van der Waals surface area (Å²) in [7, 11) is 0. The molecule has 0 heterocycles. The number of aliphatic hydroxyl groups is 2. The predicted molar refractivity (Wildman–Crippen MR) is 54.9 cm³/mol. The molecule has 0 aliphatic heterocycles. The SMILES string of the molecule is CCCCC(=O)NC(CC)(CO)CO. The summed E-state index contributed by atoms with van der Waals surface area (Å²) < 4.78 is 0. The summed E-state index contributed by atoms with van der Waals surface area (Å²) in [6.07, 6.45) is 2.78. The van der Waals surface area contributed by atoms with Gasteiger partial charge in [-0.05, 0) is 12.8 Å². The summed E-state index contributed by atoms with van der Waals surface area (Å²) in [5.41, 5.74) is -0.842. The van der Waals surface area contributed by atoms with Crippen LogP contribution in [0.3, 0.4) is 0 Å². The average molecular weight is 203 g/mol. The van der Waals surface area contributed by atoms with E-state index in [2.05, 4.69) is 5.32 Å². The van der Waals surface area contributed by atoms with Crippen LogP contribution in [0.15, 0.2) is 0 Å². The van der Waals surface area contributed by atoms with Crippen LogP contribution >= 0.6 is 0 Å². The first-order valence-corrected chi connectivity index (χ1v) is 5.17. The lowest BCUT2D eigenvalue weighted by Gasteiger charge is -2.29. The normalized spacial score (nSPS) is 11.4. The van der Waals surface area contributed by atoms with Crippen molar-refractivity contribution in [3.63, 3.8) is 0 Å². The Balaban J connectivity index is 4.08. The number of hydrogen-bond acceptors (Lipinski definition) is 3. The van der Waals surface area contributed by atoms with Crippen LogP contribution in [0.25, 0.3) is 0 Å². The molecule has 0 fully saturated rings. The Hall–Kier alpha value is -0.610. The van der Waals surface area contributed by atoms with Gasteiger partial charge in [-0.15, -0.1) is 0 Å². The molecule has 0 radical (unpaired) electrons. The Morgan fingerprint density at radius 2 is 1.86 bits per heavy atom. The number of hydrogen-bond donors (Lipinski definition) is 3. The van der Waals surface area contributed by atoms with Crippen LogP contribution < -0.4 is 5.32 Å². The summed E-state index contributed by atoms with van der Waals surface area (Å²) in [6.45, 7) is 3.39. The van der Waals surface area contributed by atoms with Gasteiger partial charge in [-0.25, -0.2) is 0 Å². The van der Waals surface area contributed by atoms with Crippen molar-refractivity contribution in [1.29, 1.82) is 0 Å². The van der Waals surface area contributed by atoms with Gasteiger partial charge in [0.25, 0.3) is 0 Å². The maximum absolute atomic E-state index is 11.4. The van der Waals surface area contributed by atoms with Crippen molar-refractivity contribution in [3.8, 4) is 0 Å². The number of amides is 1. The Bertz CT molecular complexity index is 158. The molecule has 4 nitrogen and oxygen atoms in total. The molecule has 4 heteroatoms. The van der Waals surface area contributed by atoms with Gasteiger partial charge >= 0.3 is 0 Å². The number of carbonyl (C=O) groups is 1. The van der Waals surface area contributed by atoms with Gasteiger partial charge in [-0.2, -0.15) is 0 Å². The minimum absolute atomic E-state index is 0.100. The van der Waals surface area contributed by atoms with Crippen molar-refractivity contribution in [2.75, 3.05) is 13.2 Å². The lowest BCUT2D eigenvalue weighted by Crippen LogP contribution is -2.53. The molecule has 84 valence electrons. The summed E-state index contributed by atoms with van der Waals surface area (Å²) in [5.74, 6) is -0.100. The second-order valence-electron chi connectivity index (χ2n) is 3.60. The predicted octanol–water partition coefficient (Wildman–Crippen LogP) is 0.426. The highest BCUT2D eigenvalue weighted by atomic mass is 16.3. The van der Waals surface area contributed by atoms with Crippen molar-refractivity contribution in [3.05, 3.63) is 0 Å². The fourth-order valence-electron chi connectivity index (χ4n) is 1.14. The maximum Gasteiger partial charge on any atom is 0.220 e. The van der Waals surface area contributed by atoms with Crippen molar-refractivity contribution >= 4 is 5.91 Å². The van der Waals surface area contributed by atoms with Crippen LogP contribution in [-0.4, -0.2) is 34.9 Å². The van der Waals surface area contributed by atoms with E-state index < -0.39 is 5.54 Å². The van der Waals surface area contributed by atoms with Gasteiger partial charge in [0.2, 0.25) is 5.91 Å². The first-order chi connectivity index (χ1) is 6.64. The van der Waals surface area contributed by atoms with Crippen LogP contribution in [0, 0.1) is 0 Å². The fourth-order valence-corrected chi connectivity index (χ4v) is 1.14. The minimum Gasteiger partial charge on any atom is -0.394 e. The lowest BCUT2D eigenvalue weighted by molar-refractivity contribution is -0.124. The largest absolute Gasteiger partial charge is 0.394 e. The first-order valence-electron chi connectivity index (χ1n) is 5.17. The zero-order valence-electron chi connectivity index (χ0n) is 9.05. The monoisotopic (exact) mass is 203 g/mol. The smallest absolute Gasteiger partial charge is 0.220 e. The van der Waals surface area contributed by atoms with Crippen molar-refractivity contribution in [2.45, 2.75) is 45.1 Å². The molecule has 0 aromatic heterocycles. The molecule has 1 amide bonds. The summed E-state index contributed by atoms with van der Waals surface area (Å²) in [4.78, 5) is 11.4. The van der Waals surface area contributed by atoms with Gasteiger partial charge in [0.05, 0.1) is 18.8 Å². The Morgan fingerprint density at radius 1 is 1.29 bits per heavy atom. The molecular weight excluding hydrogens is 182 g/mol. The van der Waals surface area contributed by atoms with Crippen LogP contribution in [0.4, 0.5) is 0 Å². The molecule has 14 heavy (non-hydrogen) atoms. The number of carbonyl (C=O) groups excluding carboxylic acids is 1. The van der Waals surface area contributed by atoms with Crippen LogP contribution in [0.1, 0.15) is 39.5 Å². The molecule has 0 saturated carbocycles. The highest BCUT2D eigenvalue weighted by molar-refractivity contribution is 5.76. The molecule has 0 aliphatic carbocycles. The lowest BCUT2D eigenvalue weighted by atomic mass is 9.98. The number of nitrogens with one attached hydrogen (secondary N) is 1. The molecule has 3 N–H and O–H groups in total. The van der Waals surface area contributed by atoms with E-state index in [0.29, 0.717) is 12.8 Å². The third-order valence-electron chi connectivity index (χ3n) is 2.44. The maximum atomic E-state index is 11.4. The first kappa shape index (κ1) is 13.4. The van der Waals surface area contributed by atoms with E-state index >= 15 is 0 Å². The number of rotatable bonds is 7. The quantitative estimate of drug-likeness (QED) is 0.562. The fraction of sp³-hybridized carbons (Fsp3) is 0.900. The molecule has 0 rings (SSSR count). The molecular formula is C10H21NO3. The highest BCUT2D eigenvalue weighted by Crippen LogP contribution is 2.09. The number of unbranched alkanes of at least 4 members (excludes halogenated alkanes) is 1. The van der Waals surface area contributed by atoms with E-state index in [4.69, 9.17) is 10.2 Å². The van der Waals surface area contributed by atoms with Gasteiger partial charge in [-0.1, -0.05) is 20.3 Å². The second kappa shape index (κ2) is 6.79. The van der Waals surface area contributed by atoms with E-state index in [1.165, 1.54) is 0 Å². The Kier molecular flexibility index (Phi) is 6.49. The van der Waals surface area contributed by atoms with Crippen LogP contribution in [0.5, 0.6) is 0 Å². The van der Waals surface area contributed by atoms with Crippen LogP contribution in [0.2, 0.25) is 0 Å². The molecule has 0 aliphatic rings. The second-order valence-corrected chi connectivity index (χ2v) is 3.60. The Labute approximate surface area is 85.3 Å². The molecule has 0 spiro atoms. The zero-order valence-corrected chi connectivity index (χ0v) is 9.05. The molecule has 0 unspecified atom stereocenters. The van der Waals surface area contributed by atoms with E-state index in [0.717, 1.165) is 12.8 Å². The van der Waals surface area contributed by atoms with E-state index in [1.807, 2.05) is 13.8 Å². The Morgan fingerprint density at radius 3 is 2.21 bits per heavy atom. The third-order valence-corrected chi connectivity index (χ3v) is 2.44. The van der Waals surface area contributed by atoms with E-state index in [9.17, 15) is 4.79 Å². The molecule has 0 atom stereocenters. The highest BCUT2D eigenvalue weighted by Gasteiger charge is 2.27. The van der Waals surface area contributed by atoms with Crippen molar-refractivity contribution < 1.29 is 15.0 Å². The zero-order chi connectivity index (χ0) is 11.0. The van der Waals surface area contributed by atoms with Crippen LogP contribution in [-0.2, 0) is 4.79 Å². The summed E-state index contributed by atoms with van der Waals surface area (Å²) >= 11 is 0. The van der Waals surface area contributed by atoms with Gasteiger partial charge in [0.1, 0.15) is 0 Å². The standard InChI is InChI=1S/C10H21NO3/c1-3-5-6-9(14)11-10(4-2,7-12)8-13/h12-13H,3-8H2,1-2H3,(H,11,14). The minimum atomic E-state index is -0.842. The average Bonchev–Trinajstić information content (AvgIpc) is 2.23. The van der Waals surface area contributed by atoms with Gasteiger partial charge < -0.3 is 15.5 Å². The summed E-state index contributed by atoms with van der Waals surface area (Å²) in [5, 5.41) is 20.8. The van der Waals surface area contributed by atoms with Gasteiger partial charge in [-0.3, -0.25) is 4.79 Å². The molecule has 0 bridgehead atoms. The molecule has 0 saturated heterocycles. The van der Waals surface area contributed by atoms with Crippen molar-refractivity contribution in [1.82, 2.24) is 5.32 Å². The molecule has 0 aromatic carbocycles. The van der Waals surface area contributed by atoms with E-state index in [-0.39, 0.29) is 19.1 Å². The van der Waals surface area contributed by atoms with Gasteiger partial charge in [0.15, 0.2) is 0 Å². The van der Waals surface area contributed by atoms with Crippen molar-refractivity contribution in [2.24, 2.45) is 0 Å². The van der Waals surface area contributed by atoms with E-state index in [1.54, 1.807) is 0 Å². The third kappa shape index (κ3) is 4.07. The number of aliphatic hydroxyl groups excluding tert-OH is 2. The van der Waals surface area contributed by atoms with Gasteiger partial charge in [0, 0.05) is 6.42 Å². The topological polar surface area (TPSA) is 69.6 Å².